The van der Waals surface area contributed by atoms with E-state index in [0.29, 0.717) is 5.56 Å². The number of nitrogens with zero attached hydrogens (tertiary/aromatic N) is 3. The molecule has 0 aromatic carbocycles. The van der Waals surface area contributed by atoms with Crippen LogP contribution in [0.5, 0.6) is 0 Å². The second kappa shape index (κ2) is 4.38. The van der Waals surface area contributed by atoms with Gasteiger partial charge in [-0.15, -0.1) is 0 Å². The predicted molar refractivity (Wildman–Crippen MR) is 56.5 cm³/mol. The fourth-order valence-corrected chi connectivity index (χ4v) is 1.87. The van der Waals surface area contributed by atoms with E-state index in [2.05, 4.69) is 9.97 Å². The van der Waals surface area contributed by atoms with Gasteiger partial charge in [-0.3, -0.25) is 4.79 Å². The molecule has 4 nitrogen and oxygen atoms in total. The van der Waals surface area contributed by atoms with Crippen molar-refractivity contribution in [3.05, 3.63) is 23.8 Å². The van der Waals surface area contributed by atoms with E-state index in [1.54, 1.807) is 6.20 Å². The fourth-order valence-electron chi connectivity index (χ4n) is 1.87. The zero-order valence-electron chi connectivity index (χ0n) is 8.94. The summed E-state index contributed by atoms with van der Waals surface area (Å²) >= 11 is 0. The zero-order valence-corrected chi connectivity index (χ0v) is 8.94. The van der Waals surface area contributed by atoms with Gasteiger partial charge in [0.05, 0.1) is 11.3 Å². The fraction of sp³-hybridized carbons (Fsp3) is 0.545. The van der Waals surface area contributed by atoms with Gasteiger partial charge in [0.1, 0.15) is 6.33 Å². The molecule has 2 rings (SSSR count). The maximum atomic E-state index is 12.1. The second-order valence-electron chi connectivity index (χ2n) is 3.87. The van der Waals surface area contributed by atoms with E-state index in [1.165, 1.54) is 12.7 Å². The van der Waals surface area contributed by atoms with Crippen molar-refractivity contribution in [2.75, 3.05) is 13.1 Å². The zero-order chi connectivity index (χ0) is 10.7. The van der Waals surface area contributed by atoms with Gasteiger partial charge >= 0.3 is 0 Å². The molecule has 0 aliphatic carbocycles. The number of aromatic nitrogens is 2. The summed E-state index contributed by atoms with van der Waals surface area (Å²) < 4.78 is 0. The lowest BCUT2D eigenvalue weighted by atomic mass is 10.1. The summed E-state index contributed by atoms with van der Waals surface area (Å²) in [5, 5.41) is 0. The maximum Gasteiger partial charge on any atom is 0.257 e. The number of carbonyl (C=O) groups excluding carboxylic acids is 1. The van der Waals surface area contributed by atoms with Crippen molar-refractivity contribution in [1.82, 2.24) is 14.9 Å². The Kier molecular flexibility index (Phi) is 2.94. The highest BCUT2D eigenvalue weighted by Crippen LogP contribution is 2.13. The van der Waals surface area contributed by atoms with E-state index in [9.17, 15) is 4.79 Å². The molecule has 1 amide bonds. The Morgan fingerprint density at radius 1 is 1.33 bits per heavy atom. The molecule has 80 valence electrons. The lowest BCUT2D eigenvalue weighted by Gasteiger charge is -2.26. The van der Waals surface area contributed by atoms with E-state index >= 15 is 0 Å². The van der Waals surface area contributed by atoms with Crippen LogP contribution in [0.2, 0.25) is 0 Å². The Morgan fingerprint density at radius 2 is 2.07 bits per heavy atom. The molecule has 0 atom stereocenters. The van der Waals surface area contributed by atoms with Crippen molar-refractivity contribution in [3.63, 3.8) is 0 Å². The SMILES string of the molecule is Cc1ncncc1C(=O)N1CCCCC1. The minimum Gasteiger partial charge on any atom is -0.339 e. The molecule has 1 aliphatic rings. The van der Waals surface area contributed by atoms with Crippen molar-refractivity contribution in [2.24, 2.45) is 0 Å². The van der Waals surface area contributed by atoms with Crippen LogP contribution >= 0.6 is 0 Å². The molecular weight excluding hydrogens is 190 g/mol. The third-order valence-electron chi connectivity index (χ3n) is 2.79. The van der Waals surface area contributed by atoms with E-state index in [1.807, 2.05) is 11.8 Å². The molecule has 1 fully saturated rings. The van der Waals surface area contributed by atoms with Crippen LogP contribution in [0.15, 0.2) is 12.5 Å². The van der Waals surface area contributed by atoms with Crippen molar-refractivity contribution in [3.8, 4) is 0 Å². The number of amides is 1. The molecule has 1 saturated heterocycles. The van der Waals surface area contributed by atoms with Crippen LogP contribution in [0.25, 0.3) is 0 Å². The van der Waals surface area contributed by atoms with Crippen molar-refractivity contribution in [1.29, 1.82) is 0 Å². The van der Waals surface area contributed by atoms with Gasteiger partial charge in [0.15, 0.2) is 0 Å². The number of piperidine rings is 1. The Hall–Kier alpha value is -1.45. The van der Waals surface area contributed by atoms with Gasteiger partial charge in [-0.05, 0) is 26.2 Å². The van der Waals surface area contributed by atoms with E-state index in [-0.39, 0.29) is 5.91 Å². The first-order valence-electron chi connectivity index (χ1n) is 5.35. The molecule has 1 aliphatic heterocycles. The van der Waals surface area contributed by atoms with Gasteiger partial charge in [-0.2, -0.15) is 0 Å². The number of likely N-dealkylation sites (tertiary alicyclic amines) is 1. The van der Waals surface area contributed by atoms with Gasteiger partial charge in [-0.1, -0.05) is 0 Å². The van der Waals surface area contributed by atoms with Crippen LogP contribution in [0, 0.1) is 6.92 Å². The summed E-state index contributed by atoms with van der Waals surface area (Å²) in [4.78, 5) is 21.9. The summed E-state index contributed by atoms with van der Waals surface area (Å²) in [6, 6.07) is 0. The maximum absolute atomic E-state index is 12.1. The topological polar surface area (TPSA) is 46.1 Å². The second-order valence-corrected chi connectivity index (χ2v) is 3.87. The highest BCUT2D eigenvalue weighted by molar-refractivity contribution is 5.94. The summed E-state index contributed by atoms with van der Waals surface area (Å²) in [5.74, 6) is 0.0767. The van der Waals surface area contributed by atoms with Gasteiger partial charge < -0.3 is 4.90 Å². The molecule has 0 saturated carbocycles. The molecule has 1 aromatic heterocycles. The van der Waals surface area contributed by atoms with Crippen LogP contribution in [0.3, 0.4) is 0 Å². The predicted octanol–water partition coefficient (Wildman–Crippen LogP) is 1.41. The average Bonchev–Trinajstić information content (AvgIpc) is 2.30. The third kappa shape index (κ3) is 2.14. The summed E-state index contributed by atoms with van der Waals surface area (Å²) in [6.07, 6.45) is 6.53. The third-order valence-corrected chi connectivity index (χ3v) is 2.79. The molecule has 2 heterocycles. The monoisotopic (exact) mass is 205 g/mol. The quantitative estimate of drug-likeness (QED) is 0.696. The molecule has 0 radical (unpaired) electrons. The Bertz CT molecular complexity index is 359. The highest BCUT2D eigenvalue weighted by Gasteiger charge is 2.19. The number of hydrogen-bond donors (Lipinski definition) is 0. The molecule has 0 spiro atoms. The van der Waals surface area contributed by atoms with Crippen LogP contribution in [0.4, 0.5) is 0 Å². The minimum atomic E-state index is 0.0767. The van der Waals surface area contributed by atoms with Gasteiger partial charge in [0.25, 0.3) is 5.91 Å². The van der Waals surface area contributed by atoms with Crippen LogP contribution < -0.4 is 0 Å². The lowest BCUT2D eigenvalue weighted by Crippen LogP contribution is -2.36. The Balaban J connectivity index is 2.16. The summed E-state index contributed by atoms with van der Waals surface area (Å²) in [7, 11) is 0. The van der Waals surface area contributed by atoms with Crippen LogP contribution in [-0.4, -0.2) is 33.9 Å². The number of carbonyl (C=O) groups is 1. The first kappa shape index (κ1) is 10.1. The number of rotatable bonds is 1. The first-order chi connectivity index (χ1) is 7.29. The van der Waals surface area contributed by atoms with E-state index < -0.39 is 0 Å². The van der Waals surface area contributed by atoms with Gasteiger partial charge in [0.2, 0.25) is 0 Å². The van der Waals surface area contributed by atoms with Crippen molar-refractivity contribution in [2.45, 2.75) is 26.2 Å². The summed E-state index contributed by atoms with van der Waals surface area (Å²) in [5.41, 5.74) is 1.40. The number of aryl methyl sites for hydroxylation is 1. The normalized spacial score (nSPS) is 16.5. The molecule has 1 aromatic rings. The standard InChI is InChI=1S/C11H15N3O/c1-9-10(7-12-8-13-9)11(15)14-5-3-2-4-6-14/h7-8H,2-6H2,1H3. The van der Waals surface area contributed by atoms with Crippen molar-refractivity contribution < 1.29 is 4.79 Å². The average molecular weight is 205 g/mol. The molecular formula is C11H15N3O. The molecule has 15 heavy (non-hydrogen) atoms. The van der Waals surface area contributed by atoms with E-state index in [4.69, 9.17) is 0 Å². The highest BCUT2D eigenvalue weighted by atomic mass is 16.2. The smallest absolute Gasteiger partial charge is 0.257 e. The largest absolute Gasteiger partial charge is 0.339 e. The van der Waals surface area contributed by atoms with Gasteiger partial charge in [0, 0.05) is 19.3 Å². The van der Waals surface area contributed by atoms with E-state index in [0.717, 1.165) is 31.6 Å². The molecule has 0 unspecified atom stereocenters. The minimum absolute atomic E-state index is 0.0767. The number of hydrogen-bond acceptors (Lipinski definition) is 3. The summed E-state index contributed by atoms with van der Waals surface area (Å²) in [6.45, 7) is 3.58. The molecule has 0 bridgehead atoms. The molecule has 0 N–H and O–H groups in total. The Morgan fingerprint density at radius 3 is 2.73 bits per heavy atom. The first-order valence-corrected chi connectivity index (χ1v) is 5.35. The molecule has 4 heteroatoms. The lowest BCUT2D eigenvalue weighted by molar-refractivity contribution is 0.0722. The Labute approximate surface area is 89.3 Å². The van der Waals surface area contributed by atoms with Crippen molar-refractivity contribution >= 4 is 5.91 Å². The van der Waals surface area contributed by atoms with Crippen LogP contribution in [0.1, 0.15) is 35.3 Å². The van der Waals surface area contributed by atoms with Gasteiger partial charge in [-0.25, -0.2) is 9.97 Å². The van der Waals surface area contributed by atoms with Crippen LogP contribution in [-0.2, 0) is 0 Å².